The molecule has 2 amide bonds. The van der Waals surface area contributed by atoms with E-state index >= 15 is 0 Å². The van der Waals surface area contributed by atoms with Crippen LogP contribution in [0.5, 0.6) is 11.5 Å². The van der Waals surface area contributed by atoms with Crippen LogP contribution in [0.3, 0.4) is 0 Å². The number of ether oxygens (including phenoxy) is 2. The smallest absolute Gasteiger partial charge is 0.267 e. The third kappa shape index (κ3) is 5.57. The van der Waals surface area contributed by atoms with Crippen LogP contribution in [0.15, 0.2) is 92.9 Å². The first-order valence-electron chi connectivity index (χ1n) is 11.4. The number of hydrogen-bond donors (Lipinski definition) is 2. The average Bonchev–Trinajstić information content (AvgIpc) is 3.57. The van der Waals surface area contributed by atoms with Gasteiger partial charge >= 0.3 is 0 Å². The zero-order valence-corrected chi connectivity index (χ0v) is 21.3. The lowest BCUT2D eigenvalue weighted by Crippen LogP contribution is -2.38. The first-order chi connectivity index (χ1) is 18.0. The van der Waals surface area contributed by atoms with Gasteiger partial charge in [0.1, 0.15) is 17.6 Å². The molecule has 1 aromatic heterocycles. The average molecular weight is 560 g/mol. The maximum Gasteiger partial charge on any atom is 0.267 e. The Morgan fingerprint density at radius 3 is 2.59 bits per heavy atom. The number of benzene rings is 3. The summed E-state index contributed by atoms with van der Waals surface area (Å²) in [5, 5.41) is 6.82. The van der Waals surface area contributed by atoms with Gasteiger partial charge in [0.05, 0.1) is 6.21 Å². The number of carbonyl (C=O) groups excluding carboxylic acids is 2. The van der Waals surface area contributed by atoms with Gasteiger partial charge in [0, 0.05) is 15.6 Å². The summed E-state index contributed by atoms with van der Waals surface area (Å²) in [4.78, 5) is 26.0. The Hall–Kier alpha value is -4.37. The summed E-state index contributed by atoms with van der Waals surface area (Å²) < 4.78 is 17.4. The van der Waals surface area contributed by atoms with Crippen molar-refractivity contribution in [2.24, 2.45) is 5.10 Å². The fraction of sp³-hybridized carbons (Fsp3) is 0.107. The SMILES string of the molecule is Cc1ccc(-c2ccc(/C=N\NC(=O)[C@H](NC(=O)c3ccc4c(c3)OCO4)c3ccccc3)o2)c(Br)c1. The van der Waals surface area contributed by atoms with Crippen LogP contribution in [0.1, 0.15) is 33.3 Å². The van der Waals surface area contributed by atoms with E-state index in [0.29, 0.717) is 34.1 Å². The molecule has 8 nitrogen and oxygen atoms in total. The van der Waals surface area contributed by atoms with E-state index < -0.39 is 17.9 Å². The number of fused-ring (bicyclic) bond motifs is 1. The molecule has 0 radical (unpaired) electrons. The highest BCUT2D eigenvalue weighted by molar-refractivity contribution is 9.10. The quantitative estimate of drug-likeness (QED) is 0.234. The molecule has 4 aromatic rings. The number of halogens is 1. The molecule has 37 heavy (non-hydrogen) atoms. The van der Waals surface area contributed by atoms with E-state index in [1.807, 2.05) is 37.3 Å². The van der Waals surface area contributed by atoms with Gasteiger partial charge in [-0.2, -0.15) is 5.10 Å². The highest BCUT2D eigenvalue weighted by Crippen LogP contribution is 2.33. The Kier molecular flexibility index (Phi) is 7.04. The maximum absolute atomic E-state index is 13.1. The number of furan rings is 1. The molecule has 0 bridgehead atoms. The van der Waals surface area contributed by atoms with E-state index in [1.54, 1.807) is 48.5 Å². The lowest BCUT2D eigenvalue weighted by molar-refractivity contribution is -0.123. The van der Waals surface area contributed by atoms with Crippen LogP contribution in [0, 0.1) is 6.92 Å². The van der Waals surface area contributed by atoms with E-state index in [-0.39, 0.29) is 6.79 Å². The summed E-state index contributed by atoms with van der Waals surface area (Å²) in [6.45, 7) is 2.12. The van der Waals surface area contributed by atoms with Gasteiger partial charge in [0.25, 0.3) is 11.8 Å². The third-order valence-electron chi connectivity index (χ3n) is 5.69. The normalized spacial score (nSPS) is 12.9. The molecular formula is C28H22BrN3O5. The fourth-order valence-electron chi connectivity index (χ4n) is 3.81. The highest BCUT2D eigenvalue weighted by atomic mass is 79.9. The van der Waals surface area contributed by atoms with Crippen LogP contribution in [0.25, 0.3) is 11.3 Å². The standard InChI is InChI=1S/C28H22BrN3O5/c1-17-7-10-21(22(29)13-17)23-12-9-20(37-23)15-30-32-28(34)26(18-5-3-2-4-6-18)31-27(33)19-8-11-24-25(14-19)36-16-35-24/h2-15,26H,16H2,1H3,(H,31,33)(H,32,34)/b30-15-/t26-/m1/s1. The van der Waals surface area contributed by atoms with Gasteiger partial charge < -0.3 is 19.2 Å². The van der Waals surface area contributed by atoms with Crippen LogP contribution < -0.4 is 20.2 Å². The zero-order valence-electron chi connectivity index (χ0n) is 19.7. The fourth-order valence-corrected chi connectivity index (χ4v) is 4.50. The first kappa shape index (κ1) is 24.3. The second-order valence-corrected chi connectivity index (χ2v) is 9.16. The summed E-state index contributed by atoms with van der Waals surface area (Å²) in [5.74, 6) is 1.23. The van der Waals surface area contributed by atoms with Gasteiger partial charge in [-0.05, 0) is 60.5 Å². The van der Waals surface area contributed by atoms with Crippen molar-refractivity contribution in [3.8, 4) is 22.8 Å². The molecule has 9 heteroatoms. The van der Waals surface area contributed by atoms with Crippen molar-refractivity contribution in [3.63, 3.8) is 0 Å². The van der Waals surface area contributed by atoms with E-state index in [0.717, 1.165) is 15.6 Å². The topological polar surface area (TPSA) is 102 Å². The molecule has 0 spiro atoms. The van der Waals surface area contributed by atoms with Crippen molar-refractivity contribution in [1.29, 1.82) is 0 Å². The van der Waals surface area contributed by atoms with E-state index in [1.165, 1.54) is 6.21 Å². The number of hydrogen-bond acceptors (Lipinski definition) is 6. The molecule has 186 valence electrons. The molecule has 0 unspecified atom stereocenters. The van der Waals surface area contributed by atoms with E-state index in [9.17, 15) is 9.59 Å². The monoisotopic (exact) mass is 559 g/mol. The van der Waals surface area contributed by atoms with Crippen LogP contribution in [0.2, 0.25) is 0 Å². The number of hydrazone groups is 1. The van der Waals surface area contributed by atoms with Crippen LogP contribution >= 0.6 is 15.9 Å². The molecule has 0 fully saturated rings. The van der Waals surface area contributed by atoms with Crippen molar-refractivity contribution < 1.29 is 23.5 Å². The molecule has 1 aliphatic heterocycles. The van der Waals surface area contributed by atoms with Gasteiger partial charge in [0.2, 0.25) is 6.79 Å². The number of carbonyl (C=O) groups is 2. The molecule has 3 aromatic carbocycles. The predicted octanol–water partition coefficient (Wildman–Crippen LogP) is 5.37. The minimum absolute atomic E-state index is 0.104. The van der Waals surface area contributed by atoms with Crippen LogP contribution in [0.4, 0.5) is 0 Å². The maximum atomic E-state index is 13.1. The van der Waals surface area contributed by atoms with Gasteiger partial charge in [-0.1, -0.05) is 52.3 Å². The van der Waals surface area contributed by atoms with Crippen molar-refractivity contribution in [2.45, 2.75) is 13.0 Å². The minimum Gasteiger partial charge on any atom is -0.455 e. The number of rotatable bonds is 7. The Morgan fingerprint density at radius 1 is 0.973 bits per heavy atom. The van der Waals surface area contributed by atoms with Crippen LogP contribution in [-0.2, 0) is 4.79 Å². The second kappa shape index (κ2) is 10.7. The summed E-state index contributed by atoms with van der Waals surface area (Å²) in [6.07, 6.45) is 1.41. The van der Waals surface area contributed by atoms with E-state index in [4.69, 9.17) is 13.9 Å². The second-order valence-electron chi connectivity index (χ2n) is 8.30. The largest absolute Gasteiger partial charge is 0.455 e. The molecule has 0 saturated carbocycles. The molecule has 0 aliphatic carbocycles. The number of nitrogens with one attached hydrogen (secondary N) is 2. The molecule has 2 N–H and O–H groups in total. The zero-order chi connectivity index (χ0) is 25.8. The molecule has 5 rings (SSSR count). The van der Waals surface area contributed by atoms with Crippen molar-refractivity contribution in [1.82, 2.24) is 10.7 Å². The molecule has 0 saturated heterocycles. The molecular weight excluding hydrogens is 538 g/mol. The summed E-state index contributed by atoms with van der Waals surface area (Å²) in [5.41, 5.74) is 5.48. The number of aryl methyl sites for hydroxylation is 1. The summed E-state index contributed by atoms with van der Waals surface area (Å²) in [6, 6.07) is 22.4. The molecule has 1 aliphatic rings. The van der Waals surface area contributed by atoms with Gasteiger partial charge in [-0.15, -0.1) is 0 Å². The van der Waals surface area contributed by atoms with Gasteiger partial charge in [-0.3, -0.25) is 9.59 Å². The summed E-state index contributed by atoms with van der Waals surface area (Å²) >= 11 is 3.56. The van der Waals surface area contributed by atoms with Crippen molar-refractivity contribution in [3.05, 3.63) is 106 Å². The van der Waals surface area contributed by atoms with Crippen molar-refractivity contribution >= 4 is 34.0 Å². The highest BCUT2D eigenvalue weighted by Gasteiger charge is 2.24. The minimum atomic E-state index is -0.980. The van der Waals surface area contributed by atoms with Gasteiger partial charge in [-0.25, -0.2) is 5.43 Å². The number of nitrogens with zero attached hydrogens (tertiary/aromatic N) is 1. The predicted molar refractivity (Wildman–Crippen MR) is 142 cm³/mol. The first-order valence-corrected chi connectivity index (χ1v) is 12.2. The Labute approximate surface area is 221 Å². The lowest BCUT2D eigenvalue weighted by atomic mass is 10.1. The molecule has 2 heterocycles. The van der Waals surface area contributed by atoms with E-state index in [2.05, 4.69) is 31.8 Å². The Bertz CT molecular complexity index is 1480. The number of amides is 2. The summed E-state index contributed by atoms with van der Waals surface area (Å²) in [7, 11) is 0. The molecule has 1 atom stereocenters. The Balaban J connectivity index is 1.29. The van der Waals surface area contributed by atoms with Gasteiger partial charge in [0.15, 0.2) is 11.5 Å². The lowest BCUT2D eigenvalue weighted by Gasteiger charge is -2.17. The third-order valence-corrected chi connectivity index (χ3v) is 6.34. The van der Waals surface area contributed by atoms with Crippen molar-refractivity contribution in [2.75, 3.05) is 6.79 Å². The Morgan fingerprint density at radius 2 is 1.78 bits per heavy atom. The van der Waals surface area contributed by atoms with Crippen LogP contribution in [-0.4, -0.2) is 24.8 Å².